The molecule has 0 radical (unpaired) electrons. The summed E-state index contributed by atoms with van der Waals surface area (Å²) < 4.78 is 12.8. The van der Waals surface area contributed by atoms with Crippen molar-refractivity contribution in [3.05, 3.63) is 41.7 Å². The molecule has 0 amide bonds. The molecule has 0 heterocycles. The minimum atomic E-state index is -1.01. The van der Waals surface area contributed by atoms with Crippen LogP contribution in [0, 0.1) is 5.82 Å². The van der Waals surface area contributed by atoms with Crippen molar-refractivity contribution in [3.8, 4) is 0 Å². The predicted octanol–water partition coefficient (Wildman–Crippen LogP) is 2.70. The normalized spacial score (nSPS) is 11.4. The average molecular weight is 194 g/mol. The molecule has 0 fully saturated rings. The third kappa shape index (κ3) is 2.69. The Bertz CT molecular complexity index is 369. The highest BCUT2D eigenvalue weighted by molar-refractivity contribution is 5.89. The lowest BCUT2D eigenvalue weighted by molar-refractivity contribution is -0.131. The van der Waals surface area contributed by atoms with Gasteiger partial charge in [-0.15, -0.1) is 0 Å². The Morgan fingerprint density at radius 1 is 1.57 bits per heavy atom. The Morgan fingerprint density at radius 2 is 2.29 bits per heavy atom. The monoisotopic (exact) mass is 194 g/mol. The molecule has 0 spiro atoms. The van der Waals surface area contributed by atoms with Crippen LogP contribution in [0.4, 0.5) is 4.39 Å². The van der Waals surface area contributed by atoms with Crippen molar-refractivity contribution in [2.45, 2.75) is 13.3 Å². The summed E-state index contributed by atoms with van der Waals surface area (Å²) in [5, 5.41) is 8.58. The number of hydrogen-bond acceptors (Lipinski definition) is 1. The zero-order valence-corrected chi connectivity index (χ0v) is 7.83. The van der Waals surface area contributed by atoms with Crippen LogP contribution in [-0.4, -0.2) is 11.1 Å². The first-order chi connectivity index (χ1) is 6.63. The maximum Gasteiger partial charge on any atom is 0.328 e. The molecular weight excluding hydrogens is 183 g/mol. The lowest BCUT2D eigenvalue weighted by Gasteiger charge is -2.03. The van der Waals surface area contributed by atoms with Gasteiger partial charge in [0.2, 0.25) is 0 Å². The standard InChI is InChI=1S/C11H11FO2/c1-2-8(7-11(13)14)9-4-3-5-10(12)6-9/h3-7H,2H2,1H3,(H,13,14). The number of rotatable bonds is 3. The summed E-state index contributed by atoms with van der Waals surface area (Å²) in [4.78, 5) is 10.5. The van der Waals surface area contributed by atoms with Crippen molar-refractivity contribution in [2.24, 2.45) is 0 Å². The molecule has 74 valence electrons. The van der Waals surface area contributed by atoms with Crippen molar-refractivity contribution in [1.29, 1.82) is 0 Å². The predicted molar refractivity (Wildman–Crippen MR) is 52.3 cm³/mol. The fourth-order valence-corrected chi connectivity index (χ4v) is 1.23. The van der Waals surface area contributed by atoms with Gasteiger partial charge in [-0.25, -0.2) is 9.18 Å². The molecule has 0 bridgehead atoms. The van der Waals surface area contributed by atoms with E-state index in [2.05, 4.69) is 0 Å². The van der Waals surface area contributed by atoms with E-state index in [0.717, 1.165) is 6.08 Å². The maximum absolute atomic E-state index is 12.8. The highest BCUT2D eigenvalue weighted by Gasteiger charge is 2.02. The number of hydrogen-bond donors (Lipinski definition) is 1. The van der Waals surface area contributed by atoms with Crippen molar-refractivity contribution in [2.75, 3.05) is 0 Å². The third-order valence-electron chi connectivity index (χ3n) is 1.87. The Labute approximate surface area is 81.7 Å². The lowest BCUT2D eigenvalue weighted by Crippen LogP contribution is -1.92. The minimum Gasteiger partial charge on any atom is -0.478 e. The Morgan fingerprint density at radius 3 is 2.79 bits per heavy atom. The lowest BCUT2D eigenvalue weighted by atomic mass is 10.0. The van der Waals surface area contributed by atoms with Gasteiger partial charge in [0.25, 0.3) is 0 Å². The van der Waals surface area contributed by atoms with E-state index in [1.807, 2.05) is 6.92 Å². The van der Waals surface area contributed by atoms with Gasteiger partial charge in [0.1, 0.15) is 5.82 Å². The van der Waals surface area contributed by atoms with E-state index in [4.69, 9.17) is 5.11 Å². The van der Waals surface area contributed by atoms with Gasteiger partial charge < -0.3 is 5.11 Å². The first kappa shape index (κ1) is 10.4. The Hall–Kier alpha value is -1.64. The molecule has 1 N–H and O–H groups in total. The zero-order valence-electron chi connectivity index (χ0n) is 7.83. The van der Waals surface area contributed by atoms with Crippen LogP contribution in [0.5, 0.6) is 0 Å². The topological polar surface area (TPSA) is 37.3 Å². The van der Waals surface area contributed by atoms with E-state index in [1.165, 1.54) is 12.1 Å². The van der Waals surface area contributed by atoms with Crippen molar-refractivity contribution < 1.29 is 14.3 Å². The summed E-state index contributed by atoms with van der Waals surface area (Å²) in [5.41, 5.74) is 1.24. The van der Waals surface area contributed by atoms with Crippen LogP contribution in [0.15, 0.2) is 30.3 Å². The minimum absolute atomic E-state index is 0.354. The molecule has 0 atom stereocenters. The summed E-state index contributed by atoms with van der Waals surface area (Å²) >= 11 is 0. The summed E-state index contributed by atoms with van der Waals surface area (Å²) in [6.45, 7) is 1.83. The zero-order chi connectivity index (χ0) is 10.6. The summed E-state index contributed by atoms with van der Waals surface area (Å²) in [6, 6.07) is 5.92. The highest BCUT2D eigenvalue weighted by atomic mass is 19.1. The Balaban J connectivity index is 3.07. The third-order valence-corrected chi connectivity index (χ3v) is 1.87. The van der Waals surface area contributed by atoms with Gasteiger partial charge in [-0.2, -0.15) is 0 Å². The molecule has 3 heteroatoms. The van der Waals surface area contributed by atoms with Crippen molar-refractivity contribution >= 4 is 11.5 Å². The average Bonchev–Trinajstić information content (AvgIpc) is 2.14. The second kappa shape index (κ2) is 4.56. The van der Waals surface area contributed by atoms with Crippen LogP contribution in [0.25, 0.3) is 5.57 Å². The van der Waals surface area contributed by atoms with E-state index < -0.39 is 5.97 Å². The van der Waals surface area contributed by atoms with Gasteiger partial charge in [0.15, 0.2) is 0 Å². The van der Waals surface area contributed by atoms with E-state index >= 15 is 0 Å². The largest absolute Gasteiger partial charge is 0.478 e. The molecule has 0 aliphatic rings. The fraction of sp³-hybridized carbons (Fsp3) is 0.182. The van der Waals surface area contributed by atoms with Gasteiger partial charge in [0.05, 0.1) is 0 Å². The SMILES string of the molecule is CCC(=CC(=O)O)c1cccc(F)c1. The Kier molecular flexibility index (Phi) is 3.40. The number of carbonyl (C=O) groups is 1. The van der Waals surface area contributed by atoms with Gasteiger partial charge in [-0.05, 0) is 29.7 Å². The van der Waals surface area contributed by atoms with Gasteiger partial charge >= 0.3 is 5.97 Å². The van der Waals surface area contributed by atoms with Crippen molar-refractivity contribution in [1.82, 2.24) is 0 Å². The number of carboxylic acid groups (broad SMARTS) is 1. The molecule has 0 unspecified atom stereocenters. The van der Waals surface area contributed by atoms with Gasteiger partial charge in [-0.1, -0.05) is 19.1 Å². The molecular formula is C11H11FO2. The van der Waals surface area contributed by atoms with E-state index in [0.29, 0.717) is 17.6 Å². The first-order valence-electron chi connectivity index (χ1n) is 4.33. The maximum atomic E-state index is 12.8. The summed E-state index contributed by atoms with van der Waals surface area (Å²) in [7, 11) is 0. The number of carboxylic acids is 1. The number of benzene rings is 1. The summed E-state index contributed by atoms with van der Waals surface area (Å²) in [5.74, 6) is -1.36. The second-order valence-electron chi connectivity index (χ2n) is 2.87. The second-order valence-corrected chi connectivity index (χ2v) is 2.87. The van der Waals surface area contributed by atoms with Crippen LogP contribution in [0.3, 0.4) is 0 Å². The molecule has 0 aromatic heterocycles. The number of allylic oxidation sites excluding steroid dienone is 1. The van der Waals surface area contributed by atoms with E-state index in [1.54, 1.807) is 12.1 Å². The molecule has 1 aromatic carbocycles. The highest BCUT2D eigenvalue weighted by Crippen LogP contribution is 2.18. The molecule has 14 heavy (non-hydrogen) atoms. The smallest absolute Gasteiger partial charge is 0.328 e. The van der Waals surface area contributed by atoms with Crippen LogP contribution in [-0.2, 0) is 4.79 Å². The van der Waals surface area contributed by atoms with Crippen LogP contribution in [0.1, 0.15) is 18.9 Å². The molecule has 2 nitrogen and oxygen atoms in total. The molecule has 1 rings (SSSR count). The van der Waals surface area contributed by atoms with E-state index in [9.17, 15) is 9.18 Å². The van der Waals surface area contributed by atoms with Crippen molar-refractivity contribution in [3.63, 3.8) is 0 Å². The van der Waals surface area contributed by atoms with Gasteiger partial charge in [-0.3, -0.25) is 0 Å². The van der Waals surface area contributed by atoms with Crippen LogP contribution < -0.4 is 0 Å². The summed E-state index contributed by atoms with van der Waals surface area (Å²) in [6.07, 6.45) is 1.67. The fourth-order valence-electron chi connectivity index (χ4n) is 1.23. The molecule has 0 aliphatic heterocycles. The number of halogens is 1. The first-order valence-corrected chi connectivity index (χ1v) is 4.33. The van der Waals surface area contributed by atoms with E-state index in [-0.39, 0.29) is 5.82 Å². The molecule has 0 aliphatic carbocycles. The molecule has 0 saturated carbocycles. The number of aliphatic carboxylic acids is 1. The quantitative estimate of drug-likeness (QED) is 0.751. The van der Waals surface area contributed by atoms with Gasteiger partial charge in [0, 0.05) is 6.08 Å². The van der Waals surface area contributed by atoms with Crippen LogP contribution in [0.2, 0.25) is 0 Å². The molecule has 1 aromatic rings. The molecule has 0 saturated heterocycles. The van der Waals surface area contributed by atoms with Crippen LogP contribution >= 0.6 is 0 Å².